The van der Waals surface area contributed by atoms with Crippen molar-refractivity contribution in [1.82, 2.24) is 9.78 Å². The van der Waals surface area contributed by atoms with Crippen molar-refractivity contribution in [3.05, 3.63) is 68.5 Å². The maximum absolute atomic E-state index is 13.3. The lowest BCUT2D eigenvalue weighted by Crippen LogP contribution is -2.21. The smallest absolute Gasteiger partial charge is 0.435 e. The molecular weight excluding hydrogens is 517 g/mol. The van der Waals surface area contributed by atoms with Gasteiger partial charge in [-0.15, -0.1) is 0 Å². The number of alkyl halides is 3. The van der Waals surface area contributed by atoms with Crippen molar-refractivity contribution in [2.24, 2.45) is 0 Å². The lowest BCUT2D eigenvalue weighted by Gasteiger charge is -2.12. The molecule has 0 fully saturated rings. The van der Waals surface area contributed by atoms with Crippen molar-refractivity contribution in [3.63, 3.8) is 0 Å². The van der Waals surface area contributed by atoms with Crippen molar-refractivity contribution in [1.29, 1.82) is 0 Å². The van der Waals surface area contributed by atoms with Gasteiger partial charge in [0.25, 0.3) is 5.91 Å². The molecule has 0 unspecified atom stereocenters. The molecular formula is C18H10BrCl2F4N3O2. The topological polar surface area (TPSA) is 56.1 Å². The van der Waals surface area contributed by atoms with E-state index in [0.29, 0.717) is 6.07 Å². The predicted molar refractivity (Wildman–Crippen MR) is 107 cm³/mol. The van der Waals surface area contributed by atoms with Crippen LogP contribution in [0.15, 0.2) is 46.9 Å². The number of ether oxygens (including phenoxy) is 1. The van der Waals surface area contributed by atoms with Crippen LogP contribution < -0.4 is 10.1 Å². The van der Waals surface area contributed by atoms with E-state index in [1.54, 1.807) is 12.1 Å². The van der Waals surface area contributed by atoms with E-state index in [0.717, 1.165) is 16.8 Å². The molecule has 0 aliphatic heterocycles. The van der Waals surface area contributed by atoms with Crippen molar-refractivity contribution in [3.8, 4) is 11.6 Å². The van der Waals surface area contributed by atoms with Gasteiger partial charge >= 0.3 is 6.18 Å². The molecule has 1 amide bonds. The average Bonchev–Trinajstić information content (AvgIpc) is 3.08. The summed E-state index contributed by atoms with van der Waals surface area (Å²) in [6, 6.07) is 8.79. The van der Waals surface area contributed by atoms with Gasteiger partial charge in [0.15, 0.2) is 12.3 Å². The first-order valence-electron chi connectivity index (χ1n) is 8.05. The van der Waals surface area contributed by atoms with E-state index >= 15 is 0 Å². The van der Waals surface area contributed by atoms with Gasteiger partial charge in [0, 0.05) is 10.5 Å². The van der Waals surface area contributed by atoms with Crippen molar-refractivity contribution < 1.29 is 27.1 Å². The highest BCUT2D eigenvalue weighted by molar-refractivity contribution is 9.10. The van der Waals surface area contributed by atoms with Crippen molar-refractivity contribution in [2.45, 2.75) is 6.18 Å². The maximum atomic E-state index is 13.3. The van der Waals surface area contributed by atoms with E-state index in [1.165, 1.54) is 12.1 Å². The van der Waals surface area contributed by atoms with Crippen LogP contribution in [0.2, 0.25) is 10.0 Å². The Balaban J connectivity index is 1.83. The number of nitrogens with one attached hydrogen (secondary N) is 1. The van der Waals surface area contributed by atoms with Crippen LogP contribution in [0.4, 0.5) is 23.2 Å². The van der Waals surface area contributed by atoms with Crippen LogP contribution in [0.3, 0.4) is 0 Å². The summed E-state index contributed by atoms with van der Waals surface area (Å²) in [5, 5.41) is 5.95. The van der Waals surface area contributed by atoms with E-state index in [1.807, 2.05) is 0 Å². The first-order chi connectivity index (χ1) is 14.1. The summed E-state index contributed by atoms with van der Waals surface area (Å²) in [6.07, 6.45) is -4.74. The Morgan fingerprint density at radius 2 is 1.87 bits per heavy atom. The van der Waals surface area contributed by atoms with Crippen LogP contribution in [0.5, 0.6) is 5.88 Å². The first kappa shape index (κ1) is 22.4. The van der Waals surface area contributed by atoms with Gasteiger partial charge in [-0.2, -0.15) is 23.0 Å². The molecule has 12 heteroatoms. The Morgan fingerprint density at radius 3 is 2.50 bits per heavy atom. The van der Waals surface area contributed by atoms with Gasteiger partial charge in [0.05, 0.1) is 21.4 Å². The minimum atomic E-state index is -4.74. The molecule has 1 heterocycles. The Morgan fingerprint density at radius 1 is 1.17 bits per heavy atom. The summed E-state index contributed by atoms with van der Waals surface area (Å²) in [6.45, 7) is -0.673. The van der Waals surface area contributed by atoms with E-state index in [4.69, 9.17) is 27.9 Å². The van der Waals surface area contributed by atoms with Crippen molar-refractivity contribution in [2.75, 3.05) is 11.9 Å². The molecule has 3 aromatic rings. The van der Waals surface area contributed by atoms with E-state index in [-0.39, 0.29) is 31.8 Å². The second-order valence-corrected chi connectivity index (χ2v) is 7.48. The van der Waals surface area contributed by atoms with Gasteiger partial charge in [0.2, 0.25) is 5.88 Å². The number of rotatable bonds is 5. The zero-order valence-corrected chi connectivity index (χ0v) is 17.7. The zero-order chi connectivity index (χ0) is 22.1. The predicted octanol–water partition coefficient (Wildman–Crippen LogP) is 6.12. The van der Waals surface area contributed by atoms with Crippen LogP contribution in [0, 0.1) is 5.82 Å². The summed E-state index contributed by atoms with van der Waals surface area (Å²) in [5.74, 6) is -1.72. The highest BCUT2D eigenvalue weighted by Crippen LogP contribution is 2.34. The third-order valence-corrected chi connectivity index (χ3v) is 4.91. The number of anilines is 1. The highest BCUT2D eigenvalue weighted by atomic mass is 79.9. The number of hydrogen-bond acceptors (Lipinski definition) is 3. The number of halogens is 7. The molecule has 158 valence electrons. The number of carbonyl (C=O) groups is 1. The molecule has 0 saturated heterocycles. The van der Waals surface area contributed by atoms with Gasteiger partial charge in [-0.25, -0.2) is 4.39 Å². The molecule has 3 rings (SSSR count). The molecule has 0 atom stereocenters. The second kappa shape index (κ2) is 8.83. The monoisotopic (exact) mass is 525 g/mol. The van der Waals surface area contributed by atoms with Crippen LogP contribution in [0.25, 0.3) is 5.69 Å². The number of benzene rings is 2. The fourth-order valence-electron chi connectivity index (χ4n) is 2.38. The summed E-state index contributed by atoms with van der Waals surface area (Å²) in [4.78, 5) is 12.2. The summed E-state index contributed by atoms with van der Waals surface area (Å²) in [7, 11) is 0. The van der Waals surface area contributed by atoms with E-state index in [9.17, 15) is 22.4 Å². The van der Waals surface area contributed by atoms with Crippen LogP contribution in [-0.2, 0) is 11.0 Å². The Hall–Kier alpha value is -2.30. The molecule has 2 aromatic carbocycles. The standard InChI is InChI=1S/C18H10BrCl2F4N3O2/c19-10-5-9(22)6-12(21)17(10)26-15(29)8-30-16-7-14(18(23,24)25)27-28(16)13-4-2-1-3-11(13)20/h1-7H,8H2,(H,26,29). The minimum absolute atomic E-state index is 0.0734. The molecule has 0 aliphatic rings. The van der Waals surface area contributed by atoms with Crippen molar-refractivity contribution >= 4 is 50.7 Å². The largest absolute Gasteiger partial charge is 0.467 e. The molecule has 5 nitrogen and oxygen atoms in total. The molecule has 0 spiro atoms. The average molecular weight is 527 g/mol. The van der Waals surface area contributed by atoms with Gasteiger partial charge in [-0.3, -0.25) is 4.79 Å². The Labute approximate surface area is 185 Å². The fraction of sp³-hybridized carbons (Fsp3) is 0.111. The highest BCUT2D eigenvalue weighted by Gasteiger charge is 2.36. The van der Waals surface area contributed by atoms with Crippen LogP contribution in [-0.4, -0.2) is 22.3 Å². The number of para-hydroxylation sites is 1. The van der Waals surface area contributed by atoms with Crippen LogP contribution in [0.1, 0.15) is 5.69 Å². The lowest BCUT2D eigenvalue weighted by atomic mass is 10.3. The molecule has 0 aliphatic carbocycles. The molecule has 0 bridgehead atoms. The summed E-state index contributed by atoms with van der Waals surface area (Å²) >= 11 is 15.0. The third-order valence-electron chi connectivity index (χ3n) is 3.67. The summed E-state index contributed by atoms with van der Waals surface area (Å²) < 4.78 is 58.9. The van der Waals surface area contributed by atoms with Crippen LogP contribution >= 0.6 is 39.1 Å². The number of hydrogen-bond donors (Lipinski definition) is 1. The van der Waals surface area contributed by atoms with Gasteiger partial charge in [-0.05, 0) is 40.2 Å². The minimum Gasteiger partial charge on any atom is -0.467 e. The second-order valence-electron chi connectivity index (χ2n) is 5.81. The summed E-state index contributed by atoms with van der Waals surface area (Å²) in [5.41, 5.74) is -1.00. The Kier molecular flexibility index (Phi) is 6.59. The number of carbonyl (C=O) groups excluding carboxylic acids is 1. The first-order valence-corrected chi connectivity index (χ1v) is 9.60. The molecule has 1 aromatic heterocycles. The fourth-order valence-corrected chi connectivity index (χ4v) is 3.49. The van der Waals surface area contributed by atoms with Gasteiger partial charge in [-0.1, -0.05) is 35.3 Å². The van der Waals surface area contributed by atoms with E-state index in [2.05, 4.69) is 26.3 Å². The maximum Gasteiger partial charge on any atom is 0.435 e. The molecule has 0 radical (unpaired) electrons. The van der Waals surface area contributed by atoms with E-state index < -0.39 is 30.2 Å². The number of aromatic nitrogens is 2. The molecule has 1 N–H and O–H groups in total. The molecule has 0 saturated carbocycles. The Bertz CT molecular complexity index is 1080. The normalized spacial score (nSPS) is 11.4. The lowest BCUT2D eigenvalue weighted by molar-refractivity contribution is -0.141. The number of amides is 1. The SMILES string of the molecule is O=C(COc1cc(C(F)(F)F)nn1-c1ccccc1Cl)Nc1c(Cl)cc(F)cc1Br. The zero-order valence-electron chi connectivity index (χ0n) is 14.6. The quantitative estimate of drug-likeness (QED) is 0.408. The third kappa shape index (κ3) is 5.05. The molecule has 30 heavy (non-hydrogen) atoms. The number of nitrogens with zero attached hydrogens (tertiary/aromatic N) is 2. The van der Waals surface area contributed by atoms with Gasteiger partial charge in [0.1, 0.15) is 5.82 Å². The van der Waals surface area contributed by atoms with Gasteiger partial charge < -0.3 is 10.1 Å².